The Morgan fingerprint density at radius 2 is 1.78 bits per heavy atom. The van der Waals surface area contributed by atoms with E-state index in [2.05, 4.69) is 11.9 Å². The van der Waals surface area contributed by atoms with E-state index in [0.717, 1.165) is 17.6 Å². The Morgan fingerprint density at radius 1 is 1.19 bits per heavy atom. The molecule has 2 aromatic rings. The molecule has 0 aliphatic heterocycles. The zero-order valence-corrected chi connectivity index (χ0v) is 16.5. The van der Waals surface area contributed by atoms with Gasteiger partial charge in [-0.3, -0.25) is 9.10 Å². The van der Waals surface area contributed by atoms with Gasteiger partial charge in [-0.05, 0) is 48.9 Å². The first-order valence-electron chi connectivity index (χ1n) is 8.39. The van der Waals surface area contributed by atoms with Gasteiger partial charge in [0.2, 0.25) is 10.0 Å². The van der Waals surface area contributed by atoms with Crippen LogP contribution in [0.3, 0.4) is 0 Å². The van der Waals surface area contributed by atoms with Gasteiger partial charge in [-0.2, -0.15) is 0 Å². The minimum absolute atomic E-state index is 0.166. The van der Waals surface area contributed by atoms with Gasteiger partial charge in [0.25, 0.3) is 5.91 Å². The lowest BCUT2D eigenvalue weighted by atomic mass is 10.1. The summed E-state index contributed by atoms with van der Waals surface area (Å²) >= 11 is 0. The molecule has 0 aliphatic carbocycles. The number of hydrogen-bond donors (Lipinski definition) is 1. The maximum atomic E-state index is 12.5. The fraction of sp³-hybridized carbons (Fsp3) is 0.250. The molecule has 1 amide bonds. The van der Waals surface area contributed by atoms with E-state index < -0.39 is 10.0 Å². The predicted octanol–water partition coefficient (Wildman–Crippen LogP) is 3.14. The van der Waals surface area contributed by atoms with Crippen LogP contribution in [-0.4, -0.2) is 34.2 Å². The summed E-state index contributed by atoms with van der Waals surface area (Å²) in [7, 11) is -1.82. The summed E-state index contributed by atoms with van der Waals surface area (Å²) in [6.45, 7) is 5.64. The number of nitrogens with zero attached hydrogens (tertiary/aromatic N) is 1. The fourth-order valence-corrected chi connectivity index (χ4v) is 3.47. The second-order valence-electron chi connectivity index (χ2n) is 6.10. The molecule has 0 heterocycles. The minimum atomic E-state index is -3.42. The molecular formula is C20H24N2O4S. The standard InChI is InChI=1S/C20H24N2O4S/c1-5-14-22(27(4,24)25)18-10-6-17(7-11-18)20(23)21-15(2)16-8-12-19(26-3)13-9-16/h5-13,15H,1,14H2,2-4H3,(H,21,23)/t15-/m1/s1. The van der Waals surface area contributed by atoms with Crippen molar-refractivity contribution in [3.05, 3.63) is 72.3 Å². The maximum Gasteiger partial charge on any atom is 0.251 e. The highest BCUT2D eigenvalue weighted by molar-refractivity contribution is 7.92. The highest BCUT2D eigenvalue weighted by atomic mass is 32.2. The number of hydrogen-bond acceptors (Lipinski definition) is 4. The Balaban J connectivity index is 2.11. The molecule has 6 nitrogen and oxygen atoms in total. The number of carbonyl (C=O) groups excluding carboxylic acids is 1. The largest absolute Gasteiger partial charge is 0.497 e. The molecular weight excluding hydrogens is 364 g/mol. The third-order valence-corrected chi connectivity index (χ3v) is 5.24. The molecule has 0 fully saturated rings. The van der Waals surface area contributed by atoms with Crippen molar-refractivity contribution in [3.8, 4) is 5.75 Å². The van der Waals surface area contributed by atoms with E-state index in [-0.39, 0.29) is 18.5 Å². The van der Waals surface area contributed by atoms with Gasteiger partial charge in [0.15, 0.2) is 0 Å². The lowest BCUT2D eigenvalue weighted by Gasteiger charge is -2.21. The van der Waals surface area contributed by atoms with Crippen LogP contribution in [0, 0.1) is 0 Å². The zero-order valence-electron chi connectivity index (χ0n) is 15.7. The Morgan fingerprint density at radius 3 is 2.26 bits per heavy atom. The van der Waals surface area contributed by atoms with Crippen LogP contribution in [0.2, 0.25) is 0 Å². The molecule has 7 heteroatoms. The molecule has 0 saturated heterocycles. The third-order valence-electron chi connectivity index (χ3n) is 4.08. The summed E-state index contributed by atoms with van der Waals surface area (Å²) in [5.74, 6) is 0.516. The van der Waals surface area contributed by atoms with Crippen molar-refractivity contribution in [2.24, 2.45) is 0 Å². The number of anilines is 1. The van der Waals surface area contributed by atoms with E-state index in [4.69, 9.17) is 4.74 Å². The van der Waals surface area contributed by atoms with Crippen molar-refractivity contribution in [3.63, 3.8) is 0 Å². The number of benzene rings is 2. The smallest absolute Gasteiger partial charge is 0.251 e. The van der Waals surface area contributed by atoms with Crippen LogP contribution in [0.15, 0.2) is 61.2 Å². The third kappa shape index (κ3) is 5.34. The minimum Gasteiger partial charge on any atom is -0.497 e. The van der Waals surface area contributed by atoms with Crippen molar-refractivity contribution in [1.29, 1.82) is 0 Å². The predicted molar refractivity (Wildman–Crippen MR) is 108 cm³/mol. The Bertz CT molecular complexity index is 891. The van der Waals surface area contributed by atoms with E-state index >= 15 is 0 Å². The summed E-state index contributed by atoms with van der Waals surface area (Å²) in [5.41, 5.74) is 1.89. The number of nitrogens with one attached hydrogen (secondary N) is 1. The van der Waals surface area contributed by atoms with Crippen LogP contribution in [-0.2, 0) is 10.0 Å². The number of carbonyl (C=O) groups is 1. The number of ether oxygens (including phenoxy) is 1. The summed E-state index contributed by atoms with van der Waals surface area (Å²) in [6, 6.07) is 13.7. The maximum absolute atomic E-state index is 12.5. The molecule has 0 bridgehead atoms. The Kier molecular flexibility index (Phi) is 6.63. The highest BCUT2D eigenvalue weighted by Crippen LogP contribution is 2.20. The lowest BCUT2D eigenvalue weighted by Crippen LogP contribution is -2.30. The topological polar surface area (TPSA) is 75.7 Å². The van der Waals surface area contributed by atoms with Crippen LogP contribution < -0.4 is 14.4 Å². The molecule has 144 valence electrons. The van der Waals surface area contributed by atoms with E-state index in [0.29, 0.717) is 11.3 Å². The Labute approximate surface area is 160 Å². The summed E-state index contributed by atoms with van der Waals surface area (Å²) in [4.78, 5) is 12.5. The number of methoxy groups -OCH3 is 1. The van der Waals surface area contributed by atoms with E-state index in [1.165, 1.54) is 10.4 Å². The monoisotopic (exact) mass is 388 g/mol. The molecule has 0 spiro atoms. The quantitative estimate of drug-likeness (QED) is 0.705. The number of rotatable bonds is 8. The van der Waals surface area contributed by atoms with Crippen molar-refractivity contribution in [2.75, 3.05) is 24.2 Å². The molecule has 0 saturated carbocycles. The van der Waals surface area contributed by atoms with Gasteiger partial charge in [0.1, 0.15) is 5.75 Å². The lowest BCUT2D eigenvalue weighted by molar-refractivity contribution is 0.0940. The van der Waals surface area contributed by atoms with Crippen LogP contribution in [0.5, 0.6) is 5.75 Å². The van der Waals surface area contributed by atoms with Crippen molar-refractivity contribution >= 4 is 21.6 Å². The van der Waals surface area contributed by atoms with Crippen molar-refractivity contribution in [2.45, 2.75) is 13.0 Å². The van der Waals surface area contributed by atoms with Gasteiger partial charge in [0.05, 0.1) is 31.6 Å². The summed E-state index contributed by atoms with van der Waals surface area (Å²) < 4.78 is 30.1. The zero-order chi connectivity index (χ0) is 20.0. The molecule has 27 heavy (non-hydrogen) atoms. The van der Waals surface area contributed by atoms with Gasteiger partial charge >= 0.3 is 0 Å². The molecule has 2 rings (SSSR count). The molecule has 1 atom stereocenters. The summed E-state index contributed by atoms with van der Waals surface area (Å²) in [5, 5.41) is 2.93. The molecule has 0 aliphatic rings. The highest BCUT2D eigenvalue weighted by Gasteiger charge is 2.17. The van der Waals surface area contributed by atoms with Gasteiger partial charge in [-0.25, -0.2) is 8.42 Å². The molecule has 0 radical (unpaired) electrons. The van der Waals surface area contributed by atoms with Gasteiger partial charge in [-0.1, -0.05) is 18.2 Å². The molecule has 2 aromatic carbocycles. The number of amides is 1. The van der Waals surface area contributed by atoms with Crippen molar-refractivity contribution < 1.29 is 17.9 Å². The second-order valence-corrected chi connectivity index (χ2v) is 8.00. The van der Waals surface area contributed by atoms with Crippen LogP contribution in [0.4, 0.5) is 5.69 Å². The second kappa shape index (κ2) is 8.73. The van der Waals surface area contributed by atoms with Crippen LogP contribution >= 0.6 is 0 Å². The number of sulfonamides is 1. The molecule has 0 unspecified atom stereocenters. The van der Waals surface area contributed by atoms with E-state index in [1.807, 2.05) is 31.2 Å². The van der Waals surface area contributed by atoms with Gasteiger partial charge in [0, 0.05) is 5.56 Å². The molecule has 0 aromatic heterocycles. The van der Waals surface area contributed by atoms with Crippen LogP contribution in [0.25, 0.3) is 0 Å². The normalized spacial score (nSPS) is 12.1. The van der Waals surface area contributed by atoms with Gasteiger partial charge in [-0.15, -0.1) is 6.58 Å². The Hall–Kier alpha value is -2.80. The molecule has 1 N–H and O–H groups in total. The first kappa shape index (κ1) is 20.5. The SMILES string of the molecule is C=CCN(c1ccc(C(=O)N[C@H](C)c2ccc(OC)cc2)cc1)S(C)(=O)=O. The fourth-order valence-electron chi connectivity index (χ4n) is 2.58. The van der Waals surface area contributed by atoms with Gasteiger partial charge < -0.3 is 10.1 Å². The van der Waals surface area contributed by atoms with Crippen LogP contribution in [0.1, 0.15) is 28.9 Å². The summed E-state index contributed by atoms with van der Waals surface area (Å²) in [6.07, 6.45) is 2.64. The van der Waals surface area contributed by atoms with E-state index in [9.17, 15) is 13.2 Å². The first-order chi connectivity index (χ1) is 12.8. The average molecular weight is 388 g/mol. The average Bonchev–Trinajstić information content (AvgIpc) is 2.65. The van der Waals surface area contributed by atoms with Crippen molar-refractivity contribution in [1.82, 2.24) is 5.32 Å². The first-order valence-corrected chi connectivity index (χ1v) is 10.2. The van der Waals surface area contributed by atoms with E-state index in [1.54, 1.807) is 31.4 Å².